The van der Waals surface area contributed by atoms with Gasteiger partial charge in [-0.15, -0.1) is 0 Å². The number of fused-ring (bicyclic) bond motifs is 6. The topological polar surface area (TPSA) is 44.5 Å². The van der Waals surface area contributed by atoms with E-state index in [1.807, 2.05) is 6.08 Å². The molecule has 2 aliphatic carbocycles. The standard InChI is InChI=1S/C29H34BNO2/c1-27(2)28(3,4)33-30(32-27)21(19-31)11-8-10-20-15-16-24-22-12-6-7-13-23(22)25-14-9-17-29(25,5)26(24)18-20/h6-9,11-13,15-19,25H,10,14,31H2,1-5H3/b11-8-,21-19+. The van der Waals surface area contributed by atoms with Gasteiger partial charge in [0.25, 0.3) is 0 Å². The summed E-state index contributed by atoms with van der Waals surface area (Å²) in [6, 6.07) is 15.9. The van der Waals surface area contributed by atoms with Crippen LogP contribution in [0.4, 0.5) is 0 Å². The van der Waals surface area contributed by atoms with Crippen molar-refractivity contribution in [2.75, 3.05) is 0 Å². The highest BCUT2D eigenvalue weighted by Crippen LogP contribution is 2.55. The molecule has 2 aromatic carbocycles. The molecule has 0 bridgehead atoms. The molecule has 3 nitrogen and oxygen atoms in total. The van der Waals surface area contributed by atoms with Gasteiger partial charge < -0.3 is 15.0 Å². The van der Waals surface area contributed by atoms with Gasteiger partial charge in [-0.3, -0.25) is 0 Å². The molecule has 1 fully saturated rings. The van der Waals surface area contributed by atoms with E-state index in [0.29, 0.717) is 5.92 Å². The van der Waals surface area contributed by atoms with Gasteiger partial charge in [0.1, 0.15) is 0 Å². The van der Waals surface area contributed by atoms with Crippen LogP contribution in [0.25, 0.3) is 11.1 Å². The summed E-state index contributed by atoms with van der Waals surface area (Å²) in [5.74, 6) is 0.516. The van der Waals surface area contributed by atoms with Crippen molar-refractivity contribution in [2.24, 2.45) is 5.73 Å². The Balaban J connectivity index is 1.40. The number of benzene rings is 2. The van der Waals surface area contributed by atoms with Gasteiger partial charge in [0, 0.05) is 11.3 Å². The van der Waals surface area contributed by atoms with Crippen LogP contribution in [0.2, 0.25) is 0 Å². The van der Waals surface area contributed by atoms with E-state index in [9.17, 15) is 0 Å². The van der Waals surface area contributed by atoms with Crippen molar-refractivity contribution in [3.8, 4) is 11.1 Å². The van der Waals surface area contributed by atoms with Crippen LogP contribution in [0.3, 0.4) is 0 Å². The predicted molar refractivity (Wildman–Crippen MR) is 137 cm³/mol. The summed E-state index contributed by atoms with van der Waals surface area (Å²) in [5, 5.41) is 0. The van der Waals surface area contributed by atoms with E-state index >= 15 is 0 Å². The average Bonchev–Trinajstić information content (AvgIpc) is 3.28. The minimum atomic E-state index is -0.445. The molecule has 3 aliphatic rings. The molecule has 4 heteroatoms. The Kier molecular flexibility index (Phi) is 5.22. The summed E-state index contributed by atoms with van der Waals surface area (Å²) in [6.45, 7) is 10.6. The van der Waals surface area contributed by atoms with E-state index in [2.05, 4.69) is 95.3 Å². The third kappa shape index (κ3) is 3.51. The number of hydrogen-bond donors (Lipinski definition) is 1. The molecule has 5 rings (SSSR count). The van der Waals surface area contributed by atoms with Crippen LogP contribution in [0.15, 0.2) is 78.4 Å². The van der Waals surface area contributed by atoms with E-state index in [1.165, 1.54) is 27.8 Å². The van der Waals surface area contributed by atoms with E-state index in [4.69, 9.17) is 15.0 Å². The van der Waals surface area contributed by atoms with Crippen molar-refractivity contribution in [3.05, 3.63) is 95.1 Å². The lowest BCUT2D eigenvalue weighted by molar-refractivity contribution is 0.00578. The maximum atomic E-state index is 6.16. The fraction of sp³-hybridized carbons (Fsp3) is 0.379. The minimum Gasteiger partial charge on any atom is -0.405 e. The van der Waals surface area contributed by atoms with Crippen molar-refractivity contribution in [1.29, 1.82) is 0 Å². The zero-order valence-corrected chi connectivity index (χ0v) is 20.4. The molecule has 0 saturated carbocycles. The largest absolute Gasteiger partial charge is 0.496 e. The quantitative estimate of drug-likeness (QED) is 0.348. The molecule has 1 heterocycles. The number of hydrogen-bond acceptors (Lipinski definition) is 3. The zero-order valence-electron chi connectivity index (χ0n) is 20.4. The maximum Gasteiger partial charge on any atom is 0.496 e. The molecule has 0 aromatic heterocycles. The lowest BCUT2D eigenvalue weighted by Crippen LogP contribution is -2.41. The van der Waals surface area contributed by atoms with Gasteiger partial charge in [-0.2, -0.15) is 0 Å². The Bertz CT molecular complexity index is 1160. The van der Waals surface area contributed by atoms with Crippen LogP contribution in [0, 0.1) is 0 Å². The first-order chi connectivity index (χ1) is 15.7. The van der Waals surface area contributed by atoms with Gasteiger partial charge in [-0.05, 0) is 80.0 Å². The third-order valence-electron chi connectivity index (χ3n) is 8.23. The summed E-state index contributed by atoms with van der Waals surface area (Å²) in [5.41, 5.74) is 13.0. The van der Waals surface area contributed by atoms with Gasteiger partial charge in [0.05, 0.1) is 11.2 Å². The molecule has 2 aromatic rings. The summed E-state index contributed by atoms with van der Waals surface area (Å²) < 4.78 is 12.3. The van der Waals surface area contributed by atoms with Gasteiger partial charge >= 0.3 is 7.12 Å². The Morgan fingerprint density at radius 2 is 1.76 bits per heavy atom. The highest BCUT2D eigenvalue weighted by atomic mass is 16.7. The normalized spacial score (nSPS) is 27.0. The molecule has 0 spiro atoms. The van der Waals surface area contributed by atoms with E-state index in [-0.39, 0.29) is 16.6 Å². The van der Waals surface area contributed by atoms with E-state index in [0.717, 1.165) is 18.3 Å². The van der Waals surface area contributed by atoms with Crippen LogP contribution in [0.1, 0.15) is 63.6 Å². The van der Waals surface area contributed by atoms with Crippen LogP contribution in [-0.2, 0) is 21.1 Å². The van der Waals surface area contributed by atoms with E-state index < -0.39 is 7.12 Å². The second-order valence-corrected chi connectivity index (χ2v) is 10.8. The Morgan fingerprint density at radius 1 is 1.03 bits per heavy atom. The number of nitrogens with two attached hydrogens (primary N) is 1. The molecular weight excluding hydrogens is 405 g/mol. The fourth-order valence-electron chi connectivity index (χ4n) is 5.51. The molecule has 2 atom stereocenters. The zero-order chi connectivity index (χ0) is 23.4. The SMILES string of the molecule is CC12C=CCC1c1ccccc1-c1ccc(C/C=C\C(=C/N)B3OC(C)(C)C(C)(C)O3)cc12. The Hall–Kier alpha value is -2.56. The van der Waals surface area contributed by atoms with Crippen LogP contribution in [0.5, 0.6) is 0 Å². The lowest BCUT2D eigenvalue weighted by Gasteiger charge is -2.39. The van der Waals surface area contributed by atoms with Crippen molar-refractivity contribution >= 4 is 7.12 Å². The summed E-state index contributed by atoms with van der Waals surface area (Å²) >= 11 is 0. The van der Waals surface area contributed by atoms with Crippen molar-refractivity contribution < 1.29 is 9.31 Å². The first-order valence-electron chi connectivity index (χ1n) is 12.0. The van der Waals surface area contributed by atoms with Crippen LogP contribution >= 0.6 is 0 Å². The van der Waals surface area contributed by atoms with Gasteiger partial charge in [-0.1, -0.05) is 73.7 Å². The molecular formula is C29H34BNO2. The molecule has 1 aliphatic heterocycles. The first-order valence-corrected chi connectivity index (χ1v) is 12.0. The first kappa shape index (κ1) is 22.2. The molecule has 2 N–H and O–H groups in total. The molecule has 33 heavy (non-hydrogen) atoms. The summed E-state index contributed by atoms with van der Waals surface area (Å²) in [4.78, 5) is 0. The molecule has 0 radical (unpaired) electrons. The number of rotatable bonds is 4. The molecule has 2 unspecified atom stereocenters. The second-order valence-electron chi connectivity index (χ2n) is 10.8. The average molecular weight is 439 g/mol. The predicted octanol–water partition coefficient (Wildman–Crippen LogP) is 6.24. The lowest BCUT2D eigenvalue weighted by atomic mass is 9.63. The smallest absolute Gasteiger partial charge is 0.405 e. The third-order valence-corrected chi connectivity index (χ3v) is 8.23. The van der Waals surface area contributed by atoms with Crippen molar-refractivity contribution in [1.82, 2.24) is 0 Å². The number of allylic oxidation sites excluding steroid dienone is 5. The van der Waals surface area contributed by atoms with Gasteiger partial charge in [0.2, 0.25) is 0 Å². The minimum absolute atomic E-state index is 0.0500. The Labute approximate surface area is 198 Å². The summed E-state index contributed by atoms with van der Waals surface area (Å²) in [7, 11) is -0.445. The highest BCUT2D eigenvalue weighted by molar-refractivity contribution is 6.55. The van der Waals surface area contributed by atoms with Crippen LogP contribution < -0.4 is 5.73 Å². The molecule has 0 amide bonds. The van der Waals surface area contributed by atoms with Gasteiger partial charge in [-0.25, -0.2) is 0 Å². The van der Waals surface area contributed by atoms with Crippen molar-refractivity contribution in [2.45, 2.75) is 70.0 Å². The van der Waals surface area contributed by atoms with E-state index in [1.54, 1.807) is 6.20 Å². The van der Waals surface area contributed by atoms with Crippen LogP contribution in [-0.4, -0.2) is 18.3 Å². The fourth-order valence-corrected chi connectivity index (χ4v) is 5.51. The monoisotopic (exact) mass is 439 g/mol. The second kappa shape index (κ2) is 7.75. The van der Waals surface area contributed by atoms with Crippen molar-refractivity contribution in [3.63, 3.8) is 0 Å². The highest BCUT2D eigenvalue weighted by Gasteiger charge is 2.52. The summed E-state index contributed by atoms with van der Waals surface area (Å²) in [6.07, 6.45) is 12.5. The van der Waals surface area contributed by atoms with Gasteiger partial charge in [0.15, 0.2) is 0 Å². The molecule has 170 valence electrons. The molecule has 1 saturated heterocycles. The Morgan fingerprint density at radius 3 is 2.48 bits per heavy atom. The maximum absolute atomic E-state index is 6.16.